The van der Waals surface area contributed by atoms with Crippen molar-refractivity contribution in [3.63, 3.8) is 0 Å². The number of aliphatic hydroxyl groups is 1. The molecule has 0 bridgehead atoms. The van der Waals surface area contributed by atoms with Crippen molar-refractivity contribution in [1.29, 1.82) is 0 Å². The van der Waals surface area contributed by atoms with Gasteiger partial charge in [-0.3, -0.25) is 4.90 Å². The summed E-state index contributed by atoms with van der Waals surface area (Å²) in [4.78, 5) is 2.17. The van der Waals surface area contributed by atoms with Gasteiger partial charge in [0, 0.05) is 18.1 Å². The second-order valence-electron chi connectivity index (χ2n) is 4.42. The van der Waals surface area contributed by atoms with Crippen LogP contribution in [-0.4, -0.2) is 41.8 Å². The SMILES string of the molecule is CC(C)N(C)C(CO)C(N)C1CC1. The maximum atomic E-state index is 9.27. The van der Waals surface area contributed by atoms with Gasteiger partial charge in [0.25, 0.3) is 0 Å². The van der Waals surface area contributed by atoms with Gasteiger partial charge in [-0.1, -0.05) is 0 Å². The van der Waals surface area contributed by atoms with Crippen LogP contribution in [0.3, 0.4) is 0 Å². The number of rotatable bonds is 5. The Morgan fingerprint density at radius 1 is 1.46 bits per heavy atom. The molecule has 0 aromatic heterocycles. The zero-order valence-electron chi connectivity index (χ0n) is 8.90. The molecule has 1 fully saturated rings. The molecule has 3 N–H and O–H groups in total. The predicted molar refractivity (Wildman–Crippen MR) is 54.5 cm³/mol. The smallest absolute Gasteiger partial charge is 0.0602 e. The van der Waals surface area contributed by atoms with Crippen molar-refractivity contribution in [1.82, 2.24) is 4.90 Å². The lowest BCUT2D eigenvalue weighted by atomic mass is 10.0. The number of hydrogen-bond acceptors (Lipinski definition) is 3. The highest BCUT2D eigenvalue weighted by atomic mass is 16.3. The van der Waals surface area contributed by atoms with E-state index in [4.69, 9.17) is 5.73 Å². The summed E-state index contributed by atoms with van der Waals surface area (Å²) in [5.41, 5.74) is 6.07. The Bertz CT molecular complexity index is 149. The van der Waals surface area contributed by atoms with Gasteiger partial charge >= 0.3 is 0 Å². The van der Waals surface area contributed by atoms with Gasteiger partial charge in [0.05, 0.1) is 6.61 Å². The number of nitrogens with zero attached hydrogens (tertiary/aromatic N) is 1. The molecule has 3 heteroatoms. The third kappa shape index (κ3) is 2.66. The third-order valence-electron chi connectivity index (χ3n) is 3.14. The third-order valence-corrected chi connectivity index (χ3v) is 3.14. The fourth-order valence-electron chi connectivity index (χ4n) is 1.70. The van der Waals surface area contributed by atoms with Crippen LogP contribution in [0.1, 0.15) is 26.7 Å². The van der Waals surface area contributed by atoms with E-state index in [2.05, 4.69) is 18.7 Å². The Kier molecular flexibility index (Phi) is 3.71. The molecule has 1 aliphatic carbocycles. The first-order valence-corrected chi connectivity index (χ1v) is 5.16. The van der Waals surface area contributed by atoms with Crippen LogP contribution >= 0.6 is 0 Å². The second-order valence-corrected chi connectivity index (χ2v) is 4.42. The van der Waals surface area contributed by atoms with Crippen LogP contribution in [0.15, 0.2) is 0 Å². The van der Waals surface area contributed by atoms with Crippen LogP contribution < -0.4 is 5.73 Å². The van der Waals surface area contributed by atoms with E-state index in [9.17, 15) is 5.11 Å². The quantitative estimate of drug-likeness (QED) is 0.654. The van der Waals surface area contributed by atoms with Gasteiger partial charge in [-0.2, -0.15) is 0 Å². The van der Waals surface area contributed by atoms with Crippen LogP contribution in [-0.2, 0) is 0 Å². The van der Waals surface area contributed by atoms with E-state index in [1.807, 2.05) is 7.05 Å². The first kappa shape index (κ1) is 11.0. The Morgan fingerprint density at radius 2 is 2.00 bits per heavy atom. The fourth-order valence-corrected chi connectivity index (χ4v) is 1.70. The Labute approximate surface area is 80.9 Å². The molecule has 1 saturated carbocycles. The normalized spacial score (nSPS) is 22.4. The van der Waals surface area contributed by atoms with Crippen molar-refractivity contribution in [2.45, 2.75) is 44.8 Å². The summed E-state index contributed by atoms with van der Waals surface area (Å²) in [5.74, 6) is 0.651. The van der Waals surface area contributed by atoms with Crippen LogP contribution in [0.5, 0.6) is 0 Å². The van der Waals surface area contributed by atoms with E-state index in [0.717, 1.165) is 0 Å². The summed E-state index contributed by atoms with van der Waals surface area (Å²) in [6, 6.07) is 0.729. The Hall–Kier alpha value is -0.120. The van der Waals surface area contributed by atoms with Crippen molar-refractivity contribution in [2.24, 2.45) is 11.7 Å². The van der Waals surface area contributed by atoms with Crippen LogP contribution in [0.2, 0.25) is 0 Å². The van der Waals surface area contributed by atoms with Crippen molar-refractivity contribution in [3.05, 3.63) is 0 Å². The molecule has 0 saturated heterocycles. The lowest BCUT2D eigenvalue weighted by molar-refractivity contribution is 0.0971. The molecule has 1 aliphatic rings. The van der Waals surface area contributed by atoms with Gasteiger partial charge in [-0.05, 0) is 39.7 Å². The standard InChI is InChI=1S/C10H22N2O/c1-7(2)12(3)9(6-13)10(11)8-4-5-8/h7-10,13H,4-6,11H2,1-3H3. The Morgan fingerprint density at radius 3 is 2.31 bits per heavy atom. The molecule has 3 nitrogen and oxygen atoms in total. The van der Waals surface area contributed by atoms with Crippen LogP contribution in [0.25, 0.3) is 0 Å². The van der Waals surface area contributed by atoms with Gasteiger partial charge in [-0.25, -0.2) is 0 Å². The molecule has 13 heavy (non-hydrogen) atoms. The zero-order valence-corrected chi connectivity index (χ0v) is 8.90. The molecule has 0 amide bonds. The second kappa shape index (κ2) is 4.40. The minimum Gasteiger partial charge on any atom is -0.395 e. The van der Waals surface area contributed by atoms with Gasteiger partial charge in [0.1, 0.15) is 0 Å². The highest BCUT2D eigenvalue weighted by Gasteiger charge is 2.35. The van der Waals surface area contributed by atoms with Crippen molar-refractivity contribution in [3.8, 4) is 0 Å². The average molecular weight is 186 g/mol. The van der Waals surface area contributed by atoms with Crippen LogP contribution in [0, 0.1) is 5.92 Å². The molecule has 0 radical (unpaired) electrons. The highest BCUT2D eigenvalue weighted by Crippen LogP contribution is 2.33. The molecule has 0 aromatic carbocycles. The topological polar surface area (TPSA) is 49.5 Å². The van der Waals surface area contributed by atoms with Gasteiger partial charge in [0.15, 0.2) is 0 Å². The van der Waals surface area contributed by atoms with Gasteiger partial charge in [-0.15, -0.1) is 0 Å². The molecule has 0 spiro atoms. The molecule has 2 atom stereocenters. The molecule has 78 valence electrons. The van der Waals surface area contributed by atoms with Crippen molar-refractivity contribution >= 4 is 0 Å². The largest absolute Gasteiger partial charge is 0.395 e. The van der Waals surface area contributed by atoms with Crippen molar-refractivity contribution < 1.29 is 5.11 Å². The summed E-state index contributed by atoms with van der Waals surface area (Å²) in [6.07, 6.45) is 2.48. The number of aliphatic hydroxyl groups excluding tert-OH is 1. The molecule has 0 heterocycles. The maximum Gasteiger partial charge on any atom is 0.0602 e. The molecular formula is C10H22N2O. The summed E-state index contributed by atoms with van der Waals surface area (Å²) < 4.78 is 0. The minimum atomic E-state index is 0.132. The maximum absolute atomic E-state index is 9.27. The van der Waals surface area contributed by atoms with Crippen LogP contribution in [0.4, 0.5) is 0 Å². The summed E-state index contributed by atoms with van der Waals surface area (Å²) in [6.45, 7) is 4.43. The monoisotopic (exact) mass is 186 g/mol. The first-order chi connectivity index (χ1) is 6.07. The molecule has 2 unspecified atom stereocenters. The molecule has 1 rings (SSSR count). The Balaban J connectivity index is 2.49. The predicted octanol–water partition coefficient (Wildman–Crippen LogP) is 0.425. The van der Waals surface area contributed by atoms with Crippen molar-refractivity contribution in [2.75, 3.05) is 13.7 Å². The fraction of sp³-hybridized carbons (Fsp3) is 1.00. The number of hydrogen-bond donors (Lipinski definition) is 2. The number of likely N-dealkylation sites (N-methyl/N-ethyl adjacent to an activating group) is 1. The lowest BCUT2D eigenvalue weighted by Gasteiger charge is -2.34. The lowest BCUT2D eigenvalue weighted by Crippen LogP contribution is -2.51. The minimum absolute atomic E-state index is 0.132. The van der Waals surface area contributed by atoms with E-state index in [1.165, 1.54) is 12.8 Å². The van der Waals surface area contributed by atoms with E-state index >= 15 is 0 Å². The van der Waals surface area contributed by atoms with E-state index in [1.54, 1.807) is 0 Å². The molecule has 0 aliphatic heterocycles. The van der Waals surface area contributed by atoms with Gasteiger partial charge in [0.2, 0.25) is 0 Å². The van der Waals surface area contributed by atoms with E-state index in [0.29, 0.717) is 12.0 Å². The van der Waals surface area contributed by atoms with Gasteiger partial charge < -0.3 is 10.8 Å². The molecule has 0 aromatic rings. The average Bonchev–Trinajstić information content (AvgIpc) is 2.87. The summed E-state index contributed by atoms with van der Waals surface area (Å²) in [7, 11) is 2.04. The first-order valence-electron chi connectivity index (χ1n) is 5.16. The summed E-state index contributed by atoms with van der Waals surface area (Å²) >= 11 is 0. The number of nitrogens with two attached hydrogens (primary N) is 1. The summed E-state index contributed by atoms with van der Waals surface area (Å²) in [5, 5.41) is 9.27. The molecular weight excluding hydrogens is 164 g/mol. The van der Waals surface area contributed by atoms with E-state index in [-0.39, 0.29) is 18.7 Å². The highest BCUT2D eigenvalue weighted by molar-refractivity contribution is 4.93. The zero-order chi connectivity index (χ0) is 10.0. The van der Waals surface area contributed by atoms with E-state index < -0.39 is 0 Å².